The molecule has 7 heteroatoms. The highest BCUT2D eigenvalue weighted by atomic mass is 35.5. The van der Waals surface area contributed by atoms with Gasteiger partial charge in [0.1, 0.15) is 11.0 Å². The van der Waals surface area contributed by atoms with E-state index in [2.05, 4.69) is 10.0 Å². The van der Waals surface area contributed by atoms with Crippen molar-refractivity contribution in [2.24, 2.45) is 0 Å². The Morgan fingerprint density at radius 1 is 1.50 bits per heavy atom. The number of hydrogen-bond donors (Lipinski definition) is 2. The molecule has 1 atom stereocenters. The van der Waals surface area contributed by atoms with Gasteiger partial charge in [0.25, 0.3) is 0 Å². The minimum Gasteiger partial charge on any atom is -0.314 e. The molecule has 20 heavy (non-hydrogen) atoms. The Morgan fingerprint density at radius 3 is 2.95 bits per heavy atom. The molecule has 1 heterocycles. The molecule has 1 aliphatic rings. The van der Waals surface area contributed by atoms with Crippen LogP contribution in [0, 0.1) is 11.3 Å². The number of nitrogens with zero attached hydrogens (tertiary/aromatic N) is 1. The third kappa shape index (κ3) is 3.70. The van der Waals surface area contributed by atoms with E-state index in [0.717, 1.165) is 25.8 Å². The Morgan fingerprint density at radius 2 is 2.30 bits per heavy atom. The summed E-state index contributed by atoms with van der Waals surface area (Å²) in [5, 5.41) is 12.6. The molecule has 2 rings (SSSR count). The highest BCUT2D eigenvalue weighted by Gasteiger charge is 2.20. The van der Waals surface area contributed by atoms with Crippen LogP contribution >= 0.6 is 11.6 Å². The van der Waals surface area contributed by atoms with Gasteiger partial charge in [-0.3, -0.25) is 0 Å². The minimum atomic E-state index is -3.70. The first-order valence-electron chi connectivity index (χ1n) is 6.45. The fourth-order valence-corrected chi connectivity index (χ4v) is 3.72. The van der Waals surface area contributed by atoms with Gasteiger partial charge in [0.05, 0.1) is 5.56 Å². The molecule has 0 saturated carbocycles. The maximum Gasteiger partial charge on any atom is 0.241 e. The van der Waals surface area contributed by atoms with E-state index in [1.165, 1.54) is 18.2 Å². The Bertz CT molecular complexity index is 619. The first-order valence-corrected chi connectivity index (χ1v) is 8.32. The molecule has 0 radical (unpaired) electrons. The van der Waals surface area contributed by atoms with Crippen LogP contribution < -0.4 is 10.0 Å². The topological polar surface area (TPSA) is 82.0 Å². The van der Waals surface area contributed by atoms with Crippen molar-refractivity contribution in [1.29, 1.82) is 5.26 Å². The van der Waals surface area contributed by atoms with Crippen LogP contribution in [0.2, 0.25) is 5.02 Å². The van der Waals surface area contributed by atoms with E-state index in [-0.39, 0.29) is 10.5 Å². The Balaban J connectivity index is 2.06. The largest absolute Gasteiger partial charge is 0.314 e. The van der Waals surface area contributed by atoms with Gasteiger partial charge in [0, 0.05) is 17.6 Å². The summed E-state index contributed by atoms with van der Waals surface area (Å²) in [7, 11) is -3.70. The second kappa shape index (κ2) is 6.55. The van der Waals surface area contributed by atoms with E-state index in [1.54, 1.807) is 0 Å². The van der Waals surface area contributed by atoms with Gasteiger partial charge in [-0.05, 0) is 44.0 Å². The van der Waals surface area contributed by atoms with Gasteiger partial charge in [-0.25, -0.2) is 13.1 Å². The van der Waals surface area contributed by atoms with Crippen molar-refractivity contribution in [2.45, 2.75) is 30.2 Å². The van der Waals surface area contributed by atoms with Crippen LogP contribution in [0.25, 0.3) is 0 Å². The predicted octanol–water partition coefficient (Wildman–Crippen LogP) is 1.63. The number of sulfonamides is 1. The van der Waals surface area contributed by atoms with Crippen LogP contribution in [0.3, 0.4) is 0 Å². The number of nitrogens with one attached hydrogen (secondary N) is 2. The van der Waals surface area contributed by atoms with Crippen molar-refractivity contribution in [3.05, 3.63) is 28.8 Å². The molecule has 1 aliphatic heterocycles. The second-order valence-electron chi connectivity index (χ2n) is 4.73. The molecule has 0 amide bonds. The third-order valence-electron chi connectivity index (χ3n) is 3.30. The van der Waals surface area contributed by atoms with Gasteiger partial charge in [-0.1, -0.05) is 11.6 Å². The van der Waals surface area contributed by atoms with Crippen molar-refractivity contribution >= 4 is 21.6 Å². The molecule has 1 aromatic carbocycles. The van der Waals surface area contributed by atoms with E-state index in [1.807, 2.05) is 6.07 Å². The van der Waals surface area contributed by atoms with Gasteiger partial charge in [-0.15, -0.1) is 0 Å². The summed E-state index contributed by atoms with van der Waals surface area (Å²) in [6.45, 7) is 1.33. The normalized spacial score (nSPS) is 18.9. The summed E-state index contributed by atoms with van der Waals surface area (Å²) in [6.07, 6.45) is 2.94. The molecule has 0 bridgehead atoms. The van der Waals surface area contributed by atoms with Gasteiger partial charge in [0.2, 0.25) is 10.0 Å². The molecule has 1 saturated heterocycles. The molecule has 5 nitrogen and oxygen atoms in total. The van der Waals surface area contributed by atoms with Crippen LogP contribution in [0.4, 0.5) is 0 Å². The van der Waals surface area contributed by atoms with Gasteiger partial charge in [0.15, 0.2) is 0 Å². The molecule has 2 N–H and O–H groups in total. The Labute approximate surface area is 124 Å². The fraction of sp³-hybridized carbons (Fsp3) is 0.462. The highest BCUT2D eigenvalue weighted by molar-refractivity contribution is 7.89. The van der Waals surface area contributed by atoms with Crippen molar-refractivity contribution in [2.75, 3.05) is 13.1 Å². The Hall–Kier alpha value is -1.13. The zero-order chi connectivity index (χ0) is 14.6. The second-order valence-corrected chi connectivity index (χ2v) is 6.90. The van der Waals surface area contributed by atoms with Crippen LogP contribution in [-0.2, 0) is 10.0 Å². The molecular formula is C13H16ClN3O2S. The zero-order valence-electron chi connectivity index (χ0n) is 10.9. The molecule has 1 aromatic rings. The highest BCUT2D eigenvalue weighted by Crippen LogP contribution is 2.20. The summed E-state index contributed by atoms with van der Waals surface area (Å²) in [4.78, 5) is -0.0631. The summed E-state index contributed by atoms with van der Waals surface area (Å²) >= 11 is 5.81. The SMILES string of the molecule is N#Cc1ccc(Cl)cc1S(=O)(=O)NCC[C@H]1CCCN1. The lowest BCUT2D eigenvalue weighted by molar-refractivity contribution is 0.539. The smallest absolute Gasteiger partial charge is 0.241 e. The fourth-order valence-electron chi connectivity index (χ4n) is 2.26. The number of nitriles is 1. The van der Waals surface area contributed by atoms with Crippen LogP contribution in [0.5, 0.6) is 0 Å². The standard InChI is InChI=1S/C13H16ClN3O2S/c14-11-4-3-10(9-15)13(8-11)20(18,19)17-7-5-12-2-1-6-16-12/h3-4,8,12,16-17H,1-2,5-7H2/t12-/m1/s1. The molecule has 0 unspecified atom stereocenters. The number of benzene rings is 1. The van der Waals surface area contributed by atoms with E-state index in [0.29, 0.717) is 17.6 Å². The lowest BCUT2D eigenvalue weighted by Crippen LogP contribution is -2.31. The summed E-state index contributed by atoms with van der Waals surface area (Å²) in [5.41, 5.74) is 0.0980. The van der Waals surface area contributed by atoms with E-state index in [9.17, 15) is 8.42 Å². The quantitative estimate of drug-likeness (QED) is 0.865. The summed E-state index contributed by atoms with van der Waals surface area (Å²) < 4.78 is 26.9. The molecule has 1 fully saturated rings. The van der Waals surface area contributed by atoms with Crippen molar-refractivity contribution < 1.29 is 8.42 Å². The third-order valence-corrected chi connectivity index (χ3v) is 5.04. The molecule has 0 aliphatic carbocycles. The monoisotopic (exact) mass is 313 g/mol. The molecule has 0 spiro atoms. The first-order chi connectivity index (χ1) is 9.53. The van der Waals surface area contributed by atoms with Crippen LogP contribution in [0.1, 0.15) is 24.8 Å². The minimum absolute atomic E-state index is 0.0631. The Kier molecular flexibility index (Phi) is 5.00. The lowest BCUT2D eigenvalue weighted by Gasteiger charge is -2.12. The van der Waals surface area contributed by atoms with Crippen molar-refractivity contribution in [3.8, 4) is 6.07 Å². The van der Waals surface area contributed by atoms with Gasteiger partial charge >= 0.3 is 0 Å². The van der Waals surface area contributed by atoms with E-state index < -0.39 is 10.0 Å². The first kappa shape index (κ1) is 15.3. The summed E-state index contributed by atoms with van der Waals surface area (Å²) in [6, 6.07) is 6.45. The zero-order valence-corrected chi connectivity index (χ0v) is 12.5. The maximum absolute atomic E-state index is 12.2. The average molecular weight is 314 g/mol. The van der Waals surface area contributed by atoms with Gasteiger partial charge in [-0.2, -0.15) is 5.26 Å². The molecule has 0 aromatic heterocycles. The van der Waals surface area contributed by atoms with Crippen molar-refractivity contribution in [3.63, 3.8) is 0 Å². The number of hydrogen-bond acceptors (Lipinski definition) is 4. The van der Waals surface area contributed by atoms with E-state index in [4.69, 9.17) is 16.9 Å². The van der Waals surface area contributed by atoms with Gasteiger partial charge < -0.3 is 5.32 Å². The molecular weight excluding hydrogens is 298 g/mol. The van der Waals surface area contributed by atoms with E-state index >= 15 is 0 Å². The molecule has 108 valence electrons. The number of halogens is 1. The maximum atomic E-state index is 12.2. The van der Waals surface area contributed by atoms with Crippen LogP contribution in [0.15, 0.2) is 23.1 Å². The average Bonchev–Trinajstić information content (AvgIpc) is 2.91. The lowest BCUT2D eigenvalue weighted by atomic mass is 10.2. The van der Waals surface area contributed by atoms with Crippen molar-refractivity contribution in [1.82, 2.24) is 10.0 Å². The summed E-state index contributed by atoms with van der Waals surface area (Å²) in [5.74, 6) is 0. The number of rotatable bonds is 5. The predicted molar refractivity (Wildman–Crippen MR) is 77.0 cm³/mol. The van der Waals surface area contributed by atoms with Crippen LogP contribution in [-0.4, -0.2) is 27.5 Å².